The van der Waals surface area contributed by atoms with E-state index in [2.05, 4.69) is 11.2 Å². The van der Waals surface area contributed by atoms with Gasteiger partial charge in [0.2, 0.25) is 0 Å². The lowest BCUT2D eigenvalue weighted by Crippen LogP contribution is -2.01. The van der Waals surface area contributed by atoms with Gasteiger partial charge in [0.25, 0.3) is 0 Å². The van der Waals surface area contributed by atoms with Crippen LogP contribution in [0.25, 0.3) is 5.69 Å². The van der Waals surface area contributed by atoms with E-state index in [9.17, 15) is 0 Å². The molecule has 0 bridgehead atoms. The Bertz CT molecular complexity index is 543. The zero-order chi connectivity index (χ0) is 11.8. The second kappa shape index (κ2) is 3.80. The van der Waals surface area contributed by atoms with Crippen LogP contribution in [0.2, 0.25) is 0 Å². The van der Waals surface area contributed by atoms with Crippen LogP contribution in [0.15, 0.2) is 30.5 Å². The fourth-order valence-corrected chi connectivity index (χ4v) is 1.92. The van der Waals surface area contributed by atoms with Gasteiger partial charge in [-0.05, 0) is 31.0 Å². The standard InChI is InChI=1S/C13H15N3O/c1-17-10-4-5-11(14)13(8-10)16-7-6-12(15-16)9-2-3-9/h4-9H,2-3,14H2,1H3. The number of ether oxygens (including phenoxy) is 1. The average molecular weight is 229 g/mol. The molecule has 2 aromatic rings. The van der Waals surface area contributed by atoms with Crippen molar-refractivity contribution in [1.82, 2.24) is 9.78 Å². The number of nitrogen functional groups attached to an aromatic ring is 1. The van der Waals surface area contributed by atoms with Crippen molar-refractivity contribution in [3.05, 3.63) is 36.2 Å². The number of hydrogen-bond acceptors (Lipinski definition) is 3. The van der Waals surface area contributed by atoms with E-state index in [1.165, 1.54) is 12.8 Å². The summed E-state index contributed by atoms with van der Waals surface area (Å²) in [4.78, 5) is 0. The van der Waals surface area contributed by atoms with Crippen molar-refractivity contribution in [3.63, 3.8) is 0 Å². The van der Waals surface area contributed by atoms with Crippen LogP contribution < -0.4 is 10.5 Å². The molecule has 0 atom stereocenters. The highest BCUT2D eigenvalue weighted by atomic mass is 16.5. The normalized spacial score (nSPS) is 14.9. The minimum absolute atomic E-state index is 0.656. The molecule has 1 aliphatic carbocycles. The molecule has 1 saturated carbocycles. The van der Waals surface area contributed by atoms with Crippen LogP contribution in [-0.4, -0.2) is 16.9 Å². The van der Waals surface area contributed by atoms with Gasteiger partial charge >= 0.3 is 0 Å². The maximum atomic E-state index is 5.96. The monoisotopic (exact) mass is 229 g/mol. The Morgan fingerprint density at radius 1 is 1.35 bits per heavy atom. The summed E-state index contributed by atoms with van der Waals surface area (Å²) < 4.78 is 7.03. The molecule has 0 spiro atoms. The molecule has 17 heavy (non-hydrogen) atoms. The zero-order valence-electron chi connectivity index (χ0n) is 9.76. The summed E-state index contributed by atoms with van der Waals surface area (Å²) in [5, 5.41) is 4.56. The van der Waals surface area contributed by atoms with E-state index in [0.29, 0.717) is 11.6 Å². The van der Waals surface area contributed by atoms with Crippen LogP contribution in [0.1, 0.15) is 24.5 Å². The smallest absolute Gasteiger partial charge is 0.121 e. The van der Waals surface area contributed by atoms with Gasteiger partial charge in [-0.1, -0.05) is 0 Å². The Kier molecular flexibility index (Phi) is 2.28. The summed E-state index contributed by atoms with van der Waals surface area (Å²) in [6, 6.07) is 7.66. The third-order valence-corrected chi connectivity index (χ3v) is 3.09. The molecule has 0 aliphatic heterocycles. The molecular formula is C13H15N3O. The van der Waals surface area contributed by atoms with Gasteiger partial charge in [0.15, 0.2) is 0 Å². The summed E-state index contributed by atoms with van der Waals surface area (Å²) in [6.45, 7) is 0. The number of nitrogens with two attached hydrogens (primary N) is 1. The second-order valence-corrected chi connectivity index (χ2v) is 4.38. The number of methoxy groups -OCH3 is 1. The van der Waals surface area contributed by atoms with Crippen LogP contribution in [0.5, 0.6) is 5.75 Å². The van der Waals surface area contributed by atoms with Gasteiger partial charge in [0, 0.05) is 18.2 Å². The lowest BCUT2D eigenvalue weighted by Gasteiger charge is -2.07. The van der Waals surface area contributed by atoms with Crippen LogP contribution in [-0.2, 0) is 0 Å². The molecule has 4 nitrogen and oxygen atoms in total. The molecule has 0 saturated heterocycles. The Hall–Kier alpha value is -1.97. The van der Waals surface area contributed by atoms with Gasteiger partial charge in [0.05, 0.1) is 24.2 Å². The largest absolute Gasteiger partial charge is 0.497 e. The van der Waals surface area contributed by atoms with Crippen molar-refractivity contribution < 1.29 is 4.74 Å². The fraction of sp³-hybridized carbons (Fsp3) is 0.308. The molecule has 1 heterocycles. The highest BCUT2D eigenvalue weighted by Crippen LogP contribution is 2.39. The van der Waals surface area contributed by atoms with E-state index in [0.717, 1.165) is 17.1 Å². The third-order valence-electron chi connectivity index (χ3n) is 3.09. The molecule has 1 fully saturated rings. The number of benzene rings is 1. The first-order valence-corrected chi connectivity index (χ1v) is 5.77. The van der Waals surface area contributed by atoms with E-state index in [-0.39, 0.29) is 0 Å². The molecule has 88 valence electrons. The van der Waals surface area contributed by atoms with E-state index < -0.39 is 0 Å². The molecule has 1 aliphatic rings. The van der Waals surface area contributed by atoms with Gasteiger partial charge in [-0.25, -0.2) is 4.68 Å². The quantitative estimate of drug-likeness (QED) is 0.822. The fourth-order valence-electron chi connectivity index (χ4n) is 1.92. The summed E-state index contributed by atoms with van der Waals surface area (Å²) in [5.74, 6) is 1.45. The van der Waals surface area contributed by atoms with Crippen LogP contribution in [0.3, 0.4) is 0 Å². The number of anilines is 1. The van der Waals surface area contributed by atoms with Crippen molar-refractivity contribution >= 4 is 5.69 Å². The topological polar surface area (TPSA) is 53.1 Å². The highest BCUT2D eigenvalue weighted by Gasteiger charge is 2.26. The zero-order valence-corrected chi connectivity index (χ0v) is 9.76. The van der Waals surface area contributed by atoms with Crippen molar-refractivity contribution in [2.45, 2.75) is 18.8 Å². The van der Waals surface area contributed by atoms with Crippen LogP contribution in [0, 0.1) is 0 Å². The van der Waals surface area contributed by atoms with Gasteiger partial charge < -0.3 is 10.5 Å². The SMILES string of the molecule is COc1ccc(N)c(-n2ccc(C3CC3)n2)c1. The average Bonchev–Trinajstić information content (AvgIpc) is 3.09. The number of nitrogens with zero attached hydrogens (tertiary/aromatic N) is 2. The van der Waals surface area contributed by atoms with Crippen molar-refractivity contribution in [1.29, 1.82) is 0 Å². The lowest BCUT2D eigenvalue weighted by atomic mass is 10.2. The Balaban J connectivity index is 2.00. The molecule has 3 rings (SSSR count). The van der Waals surface area contributed by atoms with Gasteiger partial charge in [-0.15, -0.1) is 0 Å². The molecule has 1 aromatic carbocycles. The predicted molar refractivity (Wildman–Crippen MR) is 66.5 cm³/mol. The molecule has 1 aromatic heterocycles. The van der Waals surface area contributed by atoms with E-state index in [1.807, 2.05) is 29.1 Å². The molecule has 0 amide bonds. The van der Waals surface area contributed by atoms with E-state index in [4.69, 9.17) is 10.5 Å². The third kappa shape index (κ3) is 1.86. The first-order chi connectivity index (χ1) is 8.28. The lowest BCUT2D eigenvalue weighted by molar-refractivity contribution is 0.414. The highest BCUT2D eigenvalue weighted by molar-refractivity contribution is 5.60. The summed E-state index contributed by atoms with van der Waals surface area (Å²) in [6.07, 6.45) is 4.47. The van der Waals surface area contributed by atoms with E-state index in [1.54, 1.807) is 7.11 Å². The maximum absolute atomic E-state index is 5.96. The number of hydrogen-bond donors (Lipinski definition) is 1. The van der Waals surface area contributed by atoms with Crippen LogP contribution >= 0.6 is 0 Å². The summed E-state index contributed by atoms with van der Waals surface area (Å²) in [7, 11) is 1.65. The van der Waals surface area contributed by atoms with Gasteiger partial charge in [-0.2, -0.15) is 5.10 Å². The van der Waals surface area contributed by atoms with Crippen molar-refractivity contribution in [3.8, 4) is 11.4 Å². The Morgan fingerprint density at radius 2 is 2.18 bits per heavy atom. The molecule has 4 heteroatoms. The first-order valence-electron chi connectivity index (χ1n) is 5.77. The summed E-state index contributed by atoms with van der Waals surface area (Å²) >= 11 is 0. The van der Waals surface area contributed by atoms with Crippen molar-refractivity contribution in [2.75, 3.05) is 12.8 Å². The summed E-state index contributed by atoms with van der Waals surface area (Å²) in [5.41, 5.74) is 8.70. The maximum Gasteiger partial charge on any atom is 0.121 e. The van der Waals surface area contributed by atoms with E-state index >= 15 is 0 Å². The minimum Gasteiger partial charge on any atom is -0.497 e. The Labute approximate surface area is 100 Å². The molecule has 2 N–H and O–H groups in total. The Morgan fingerprint density at radius 3 is 2.88 bits per heavy atom. The minimum atomic E-state index is 0.656. The molecular weight excluding hydrogens is 214 g/mol. The molecule has 0 radical (unpaired) electrons. The number of rotatable bonds is 3. The predicted octanol–water partition coefficient (Wildman–Crippen LogP) is 2.34. The van der Waals surface area contributed by atoms with Crippen molar-refractivity contribution in [2.24, 2.45) is 0 Å². The number of aromatic nitrogens is 2. The second-order valence-electron chi connectivity index (χ2n) is 4.38. The van der Waals surface area contributed by atoms with Crippen LogP contribution in [0.4, 0.5) is 5.69 Å². The first kappa shape index (κ1) is 10.2. The van der Waals surface area contributed by atoms with Gasteiger partial charge in [-0.3, -0.25) is 0 Å². The molecule has 0 unspecified atom stereocenters. The van der Waals surface area contributed by atoms with Gasteiger partial charge in [0.1, 0.15) is 5.75 Å².